The van der Waals surface area contributed by atoms with E-state index in [1.165, 1.54) is 0 Å². The first-order valence-corrected chi connectivity index (χ1v) is 7.80. The summed E-state index contributed by atoms with van der Waals surface area (Å²) >= 11 is 0. The summed E-state index contributed by atoms with van der Waals surface area (Å²) in [7, 11) is 3.45. The normalized spacial score (nSPS) is 28.1. The van der Waals surface area contributed by atoms with E-state index in [0.717, 1.165) is 32.4 Å². The molecule has 3 atom stereocenters. The Bertz CT molecular complexity index is 257. The Morgan fingerprint density at radius 2 is 1.60 bits per heavy atom. The minimum atomic E-state index is -0.220. The van der Waals surface area contributed by atoms with Gasteiger partial charge in [0, 0.05) is 33.4 Å². The predicted octanol–water partition coefficient (Wildman–Crippen LogP) is 2.16. The van der Waals surface area contributed by atoms with Crippen molar-refractivity contribution >= 4 is 0 Å². The van der Waals surface area contributed by atoms with Crippen LogP contribution in [0.2, 0.25) is 0 Å². The summed E-state index contributed by atoms with van der Waals surface area (Å²) in [5.41, 5.74) is 0.312. The molecule has 4 nitrogen and oxygen atoms in total. The predicted molar refractivity (Wildman–Crippen MR) is 81.9 cm³/mol. The Morgan fingerprint density at radius 1 is 1.05 bits per heavy atom. The second-order valence-electron chi connectivity index (χ2n) is 7.03. The zero-order chi connectivity index (χ0) is 15.2. The van der Waals surface area contributed by atoms with E-state index in [1.54, 1.807) is 14.2 Å². The average molecular weight is 287 g/mol. The van der Waals surface area contributed by atoms with Crippen molar-refractivity contribution in [3.63, 3.8) is 0 Å². The fourth-order valence-electron chi connectivity index (χ4n) is 3.17. The van der Waals surface area contributed by atoms with Crippen LogP contribution in [-0.2, 0) is 9.47 Å². The van der Waals surface area contributed by atoms with Crippen LogP contribution in [0.5, 0.6) is 0 Å². The molecule has 1 saturated carbocycles. The minimum absolute atomic E-state index is 0.220. The maximum atomic E-state index is 10.4. The van der Waals surface area contributed by atoms with E-state index in [1.807, 2.05) is 0 Å². The van der Waals surface area contributed by atoms with Crippen molar-refractivity contribution in [2.45, 2.75) is 52.2 Å². The number of rotatable bonds is 7. The Morgan fingerprint density at radius 3 is 2.05 bits per heavy atom. The topological polar surface area (TPSA) is 41.9 Å². The van der Waals surface area contributed by atoms with Crippen LogP contribution in [0.25, 0.3) is 0 Å². The smallest absolute Gasteiger partial charge is 0.0695 e. The lowest BCUT2D eigenvalue weighted by Crippen LogP contribution is -2.51. The van der Waals surface area contributed by atoms with E-state index in [4.69, 9.17) is 9.47 Å². The Kier molecular flexibility index (Phi) is 7.45. The van der Waals surface area contributed by atoms with Crippen LogP contribution in [0.15, 0.2) is 0 Å². The average Bonchev–Trinajstić information content (AvgIpc) is 2.39. The lowest BCUT2D eigenvalue weighted by molar-refractivity contribution is -0.0305. The molecule has 1 fully saturated rings. The van der Waals surface area contributed by atoms with Gasteiger partial charge in [-0.3, -0.25) is 4.90 Å². The van der Waals surface area contributed by atoms with Gasteiger partial charge >= 0.3 is 0 Å². The molecule has 1 aliphatic rings. The molecule has 0 heterocycles. The minimum Gasteiger partial charge on any atom is -0.391 e. The van der Waals surface area contributed by atoms with E-state index >= 15 is 0 Å². The maximum absolute atomic E-state index is 10.4. The molecular formula is C16H33NO3. The zero-order valence-electron chi connectivity index (χ0n) is 13.9. The summed E-state index contributed by atoms with van der Waals surface area (Å²) in [5.74, 6) is 0.670. The Labute approximate surface area is 124 Å². The monoisotopic (exact) mass is 287 g/mol. The molecular weight excluding hydrogens is 254 g/mol. The van der Waals surface area contributed by atoms with Gasteiger partial charge in [-0.05, 0) is 30.6 Å². The molecule has 1 N–H and O–H groups in total. The molecule has 1 aliphatic carbocycles. The van der Waals surface area contributed by atoms with Crippen molar-refractivity contribution in [2.24, 2.45) is 11.3 Å². The van der Waals surface area contributed by atoms with Crippen LogP contribution in [0, 0.1) is 11.3 Å². The van der Waals surface area contributed by atoms with Gasteiger partial charge in [-0.2, -0.15) is 0 Å². The highest BCUT2D eigenvalue weighted by molar-refractivity contribution is 4.90. The molecule has 0 aromatic rings. The summed E-state index contributed by atoms with van der Waals surface area (Å²) in [6.07, 6.45) is 2.88. The molecule has 4 heteroatoms. The van der Waals surface area contributed by atoms with Gasteiger partial charge in [0.25, 0.3) is 0 Å². The summed E-state index contributed by atoms with van der Waals surface area (Å²) in [4.78, 5) is 2.34. The van der Waals surface area contributed by atoms with Gasteiger partial charge in [0.1, 0.15) is 0 Å². The number of hydrogen-bond acceptors (Lipinski definition) is 4. The lowest BCUT2D eigenvalue weighted by atomic mass is 9.70. The van der Waals surface area contributed by atoms with Crippen LogP contribution in [0.1, 0.15) is 40.0 Å². The van der Waals surface area contributed by atoms with Crippen molar-refractivity contribution in [3.05, 3.63) is 0 Å². The Balaban J connectivity index is 2.69. The van der Waals surface area contributed by atoms with Crippen molar-refractivity contribution in [2.75, 3.05) is 40.5 Å². The van der Waals surface area contributed by atoms with E-state index in [0.29, 0.717) is 24.5 Å². The van der Waals surface area contributed by atoms with Crippen molar-refractivity contribution in [1.29, 1.82) is 0 Å². The molecule has 0 saturated heterocycles. The third-order valence-electron chi connectivity index (χ3n) is 4.64. The van der Waals surface area contributed by atoms with Gasteiger partial charge in [-0.15, -0.1) is 0 Å². The number of ether oxygens (including phenoxy) is 2. The molecule has 0 amide bonds. The first-order chi connectivity index (χ1) is 9.40. The number of aliphatic hydroxyl groups excluding tert-OH is 1. The van der Waals surface area contributed by atoms with Gasteiger partial charge in [0.05, 0.1) is 19.3 Å². The molecule has 0 bridgehead atoms. The molecule has 0 spiro atoms. The maximum Gasteiger partial charge on any atom is 0.0695 e. The van der Waals surface area contributed by atoms with Gasteiger partial charge in [0.15, 0.2) is 0 Å². The number of nitrogens with zero attached hydrogens (tertiary/aromatic N) is 1. The molecule has 0 aliphatic heterocycles. The van der Waals surface area contributed by atoms with Gasteiger partial charge in [-0.25, -0.2) is 0 Å². The fraction of sp³-hybridized carbons (Fsp3) is 1.00. The van der Waals surface area contributed by atoms with Crippen molar-refractivity contribution < 1.29 is 14.6 Å². The highest BCUT2D eigenvalue weighted by Gasteiger charge is 2.37. The molecule has 120 valence electrons. The molecule has 0 aromatic heterocycles. The van der Waals surface area contributed by atoms with Gasteiger partial charge in [-0.1, -0.05) is 20.8 Å². The van der Waals surface area contributed by atoms with E-state index in [9.17, 15) is 5.11 Å². The summed E-state index contributed by atoms with van der Waals surface area (Å²) in [6.45, 7) is 10.0. The second kappa shape index (κ2) is 8.32. The summed E-state index contributed by atoms with van der Waals surface area (Å²) in [6, 6.07) is 0.235. The van der Waals surface area contributed by atoms with E-state index in [2.05, 4.69) is 25.7 Å². The second-order valence-corrected chi connectivity index (χ2v) is 7.03. The van der Waals surface area contributed by atoms with Gasteiger partial charge < -0.3 is 14.6 Å². The highest BCUT2D eigenvalue weighted by atomic mass is 16.5. The highest BCUT2D eigenvalue weighted by Crippen LogP contribution is 2.39. The van der Waals surface area contributed by atoms with Crippen LogP contribution < -0.4 is 0 Å². The summed E-state index contributed by atoms with van der Waals surface area (Å²) in [5, 5.41) is 10.4. The van der Waals surface area contributed by atoms with E-state index in [-0.39, 0.29) is 12.1 Å². The largest absolute Gasteiger partial charge is 0.391 e. The quantitative estimate of drug-likeness (QED) is 0.779. The van der Waals surface area contributed by atoms with Crippen molar-refractivity contribution in [3.8, 4) is 0 Å². The van der Waals surface area contributed by atoms with Crippen molar-refractivity contribution in [1.82, 2.24) is 4.90 Å². The molecule has 0 radical (unpaired) electrons. The zero-order valence-corrected chi connectivity index (χ0v) is 13.9. The van der Waals surface area contributed by atoms with Crippen LogP contribution in [0.4, 0.5) is 0 Å². The number of methoxy groups -OCH3 is 2. The first-order valence-electron chi connectivity index (χ1n) is 7.80. The van der Waals surface area contributed by atoms with Gasteiger partial charge in [0.2, 0.25) is 0 Å². The van der Waals surface area contributed by atoms with Crippen LogP contribution in [0.3, 0.4) is 0 Å². The molecule has 20 heavy (non-hydrogen) atoms. The molecule has 0 aromatic carbocycles. The third-order valence-corrected chi connectivity index (χ3v) is 4.64. The summed E-state index contributed by atoms with van der Waals surface area (Å²) < 4.78 is 10.4. The molecule has 3 unspecified atom stereocenters. The number of hydrogen-bond donors (Lipinski definition) is 1. The first kappa shape index (κ1) is 17.9. The fourth-order valence-corrected chi connectivity index (χ4v) is 3.17. The lowest BCUT2D eigenvalue weighted by Gasteiger charge is -2.44. The third kappa shape index (κ3) is 5.32. The van der Waals surface area contributed by atoms with Crippen LogP contribution in [-0.4, -0.2) is 62.7 Å². The Hall–Kier alpha value is -0.160. The molecule has 1 rings (SSSR count). The standard InChI is InChI=1S/C16H33NO3/c1-16(2,3)13-6-7-15(18)14(12-13)17(8-10-19-4)9-11-20-5/h13-15,18H,6-12H2,1-5H3. The SMILES string of the molecule is COCCN(CCOC)C1CC(C(C)(C)C)CCC1O. The number of aliphatic hydroxyl groups is 1. The van der Waals surface area contributed by atoms with Crippen LogP contribution >= 0.6 is 0 Å². The van der Waals surface area contributed by atoms with E-state index < -0.39 is 0 Å².